The molecule has 5 nitrogen and oxygen atoms in total. The summed E-state index contributed by atoms with van der Waals surface area (Å²) in [7, 11) is 0. The largest absolute Gasteiger partial charge is 0.449 e. The summed E-state index contributed by atoms with van der Waals surface area (Å²) in [5, 5.41) is 2.90. The topological polar surface area (TPSA) is 68.3 Å². The van der Waals surface area contributed by atoms with Crippen LogP contribution in [0.1, 0.15) is 28.5 Å². The molecule has 1 atom stereocenters. The fourth-order valence-electron chi connectivity index (χ4n) is 2.74. The Bertz CT molecular complexity index is 1080. The molecule has 1 amide bonds. The Hall–Kier alpha value is -3.35. The van der Waals surface area contributed by atoms with Gasteiger partial charge in [-0.2, -0.15) is 0 Å². The minimum Gasteiger partial charge on any atom is -0.449 e. The first kappa shape index (κ1) is 19.4. The highest BCUT2D eigenvalue weighted by atomic mass is 19.1. The third-order valence-corrected chi connectivity index (χ3v) is 4.15. The number of benzene rings is 2. The van der Waals surface area contributed by atoms with Crippen molar-refractivity contribution in [3.05, 3.63) is 70.9 Å². The lowest BCUT2D eigenvalue weighted by Crippen LogP contribution is -2.30. The Morgan fingerprint density at radius 2 is 1.82 bits per heavy atom. The van der Waals surface area contributed by atoms with Crippen molar-refractivity contribution in [3.63, 3.8) is 0 Å². The van der Waals surface area contributed by atoms with Crippen LogP contribution in [0.15, 0.2) is 42.5 Å². The van der Waals surface area contributed by atoms with Crippen LogP contribution >= 0.6 is 0 Å². The molecule has 1 N–H and O–H groups in total. The number of esters is 1. The third-order valence-electron chi connectivity index (χ3n) is 4.15. The molecule has 0 saturated carbocycles. The van der Waals surface area contributed by atoms with Crippen LogP contribution in [-0.2, 0) is 9.53 Å². The van der Waals surface area contributed by atoms with Crippen molar-refractivity contribution in [2.45, 2.75) is 26.9 Å². The molecule has 28 heavy (non-hydrogen) atoms. The predicted molar refractivity (Wildman–Crippen MR) is 101 cm³/mol. The van der Waals surface area contributed by atoms with E-state index in [4.69, 9.17) is 4.74 Å². The lowest BCUT2D eigenvalue weighted by molar-refractivity contribution is -0.123. The highest BCUT2D eigenvalue weighted by molar-refractivity contribution is 6.05. The zero-order valence-electron chi connectivity index (χ0n) is 15.5. The molecule has 0 bridgehead atoms. The summed E-state index contributed by atoms with van der Waals surface area (Å²) >= 11 is 0. The summed E-state index contributed by atoms with van der Waals surface area (Å²) in [5.74, 6) is -3.10. The van der Waals surface area contributed by atoms with Crippen molar-refractivity contribution >= 4 is 28.5 Å². The van der Waals surface area contributed by atoms with Gasteiger partial charge in [0.1, 0.15) is 11.6 Å². The lowest BCUT2D eigenvalue weighted by atomic mass is 10.1. The minimum atomic E-state index is -1.19. The maximum absolute atomic E-state index is 13.7. The Kier molecular flexibility index (Phi) is 5.35. The summed E-state index contributed by atoms with van der Waals surface area (Å²) < 4.78 is 31.9. The van der Waals surface area contributed by atoms with E-state index in [0.717, 1.165) is 17.7 Å². The molecular weight excluding hydrogens is 366 g/mol. The standard InChI is InChI=1S/C21H18F2N2O3/c1-11-4-6-18-15(8-11)16(9-12(2)24-18)21(27)28-13(3)20(26)25-19-7-5-14(22)10-17(19)23/h4-10,13H,1-3H3,(H,25,26). The first-order valence-corrected chi connectivity index (χ1v) is 8.59. The second-order valence-electron chi connectivity index (χ2n) is 6.49. The van der Waals surface area contributed by atoms with Gasteiger partial charge in [-0.15, -0.1) is 0 Å². The summed E-state index contributed by atoms with van der Waals surface area (Å²) in [6.45, 7) is 5.02. The number of carbonyl (C=O) groups is 2. The summed E-state index contributed by atoms with van der Waals surface area (Å²) in [4.78, 5) is 29.3. The lowest BCUT2D eigenvalue weighted by Gasteiger charge is -2.15. The molecule has 0 aliphatic heterocycles. The molecular formula is C21H18F2N2O3. The van der Waals surface area contributed by atoms with Crippen LogP contribution in [0.25, 0.3) is 10.9 Å². The number of hydrogen-bond acceptors (Lipinski definition) is 4. The van der Waals surface area contributed by atoms with E-state index in [1.165, 1.54) is 6.92 Å². The molecule has 0 saturated heterocycles. The van der Waals surface area contributed by atoms with Gasteiger partial charge in [0, 0.05) is 17.1 Å². The predicted octanol–water partition coefficient (Wildman–Crippen LogP) is 4.31. The van der Waals surface area contributed by atoms with Crippen molar-refractivity contribution in [1.29, 1.82) is 0 Å². The van der Waals surface area contributed by atoms with Gasteiger partial charge in [-0.3, -0.25) is 9.78 Å². The molecule has 0 spiro atoms. The van der Waals surface area contributed by atoms with E-state index in [1.807, 2.05) is 25.1 Å². The van der Waals surface area contributed by atoms with Crippen LogP contribution in [0.4, 0.5) is 14.5 Å². The van der Waals surface area contributed by atoms with E-state index in [9.17, 15) is 18.4 Å². The molecule has 0 aliphatic carbocycles. The number of amides is 1. The third kappa shape index (κ3) is 4.14. The van der Waals surface area contributed by atoms with Crippen LogP contribution < -0.4 is 5.32 Å². The van der Waals surface area contributed by atoms with Crippen molar-refractivity contribution in [2.24, 2.45) is 0 Å². The number of hydrogen-bond donors (Lipinski definition) is 1. The number of aromatic nitrogens is 1. The fraction of sp³-hybridized carbons (Fsp3) is 0.190. The number of rotatable bonds is 4. The van der Waals surface area contributed by atoms with E-state index in [-0.39, 0.29) is 5.69 Å². The Balaban J connectivity index is 1.79. The molecule has 2 aromatic carbocycles. The Labute approximate surface area is 160 Å². The van der Waals surface area contributed by atoms with Crippen LogP contribution in [0.2, 0.25) is 0 Å². The number of nitrogens with one attached hydrogen (secondary N) is 1. The number of halogens is 2. The SMILES string of the molecule is Cc1ccc2nc(C)cc(C(=O)OC(C)C(=O)Nc3ccc(F)cc3F)c2c1. The Morgan fingerprint density at radius 1 is 1.07 bits per heavy atom. The number of aryl methyl sites for hydroxylation is 2. The van der Waals surface area contributed by atoms with Gasteiger partial charge in [-0.05, 0) is 51.1 Å². The van der Waals surface area contributed by atoms with E-state index < -0.39 is 29.6 Å². The normalized spacial score (nSPS) is 11.9. The number of anilines is 1. The average Bonchev–Trinajstić information content (AvgIpc) is 2.63. The van der Waals surface area contributed by atoms with Gasteiger partial charge in [0.05, 0.1) is 16.8 Å². The van der Waals surface area contributed by atoms with Crippen molar-refractivity contribution < 1.29 is 23.1 Å². The summed E-state index contributed by atoms with van der Waals surface area (Å²) in [6, 6.07) is 9.87. The number of fused-ring (bicyclic) bond motifs is 1. The molecule has 7 heteroatoms. The summed E-state index contributed by atoms with van der Waals surface area (Å²) in [5.41, 5.74) is 2.32. The molecule has 144 valence electrons. The van der Waals surface area contributed by atoms with E-state index >= 15 is 0 Å². The van der Waals surface area contributed by atoms with Gasteiger partial charge in [0.25, 0.3) is 5.91 Å². The van der Waals surface area contributed by atoms with Crippen LogP contribution in [0.3, 0.4) is 0 Å². The number of carbonyl (C=O) groups excluding carboxylic acids is 2. The Morgan fingerprint density at radius 3 is 2.54 bits per heavy atom. The van der Waals surface area contributed by atoms with Gasteiger partial charge in [0.15, 0.2) is 6.10 Å². The molecule has 0 radical (unpaired) electrons. The molecule has 1 heterocycles. The van der Waals surface area contributed by atoms with E-state index in [2.05, 4.69) is 10.3 Å². The number of nitrogens with zero attached hydrogens (tertiary/aromatic N) is 1. The first-order chi connectivity index (χ1) is 13.2. The zero-order valence-corrected chi connectivity index (χ0v) is 15.5. The highest BCUT2D eigenvalue weighted by Gasteiger charge is 2.22. The molecule has 0 aliphatic rings. The van der Waals surface area contributed by atoms with Crippen LogP contribution in [0.5, 0.6) is 0 Å². The fourth-order valence-corrected chi connectivity index (χ4v) is 2.74. The van der Waals surface area contributed by atoms with Gasteiger partial charge < -0.3 is 10.1 Å². The van der Waals surface area contributed by atoms with Crippen molar-refractivity contribution in [3.8, 4) is 0 Å². The van der Waals surface area contributed by atoms with Gasteiger partial charge in [0.2, 0.25) is 0 Å². The smallest absolute Gasteiger partial charge is 0.339 e. The molecule has 1 aromatic heterocycles. The van der Waals surface area contributed by atoms with E-state index in [0.29, 0.717) is 28.2 Å². The van der Waals surface area contributed by atoms with Gasteiger partial charge >= 0.3 is 5.97 Å². The first-order valence-electron chi connectivity index (χ1n) is 8.59. The quantitative estimate of drug-likeness (QED) is 0.681. The second kappa shape index (κ2) is 7.72. The summed E-state index contributed by atoms with van der Waals surface area (Å²) in [6.07, 6.45) is -1.19. The monoisotopic (exact) mass is 384 g/mol. The maximum atomic E-state index is 13.7. The molecule has 1 unspecified atom stereocenters. The van der Waals surface area contributed by atoms with Gasteiger partial charge in [-0.1, -0.05) is 11.6 Å². The molecule has 3 aromatic rings. The van der Waals surface area contributed by atoms with Crippen molar-refractivity contribution in [1.82, 2.24) is 4.98 Å². The number of ether oxygens (including phenoxy) is 1. The average molecular weight is 384 g/mol. The molecule has 3 rings (SSSR count). The molecule has 0 fully saturated rings. The minimum absolute atomic E-state index is 0.199. The maximum Gasteiger partial charge on any atom is 0.339 e. The second-order valence-corrected chi connectivity index (χ2v) is 6.49. The van der Waals surface area contributed by atoms with Crippen LogP contribution in [0, 0.1) is 25.5 Å². The van der Waals surface area contributed by atoms with Crippen molar-refractivity contribution in [2.75, 3.05) is 5.32 Å². The zero-order chi connectivity index (χ0) is 20.4. The highest BCUT2D eigenvalue weighted by Crippen LogP contribution is 2.22. The van der Waals surface area contributed by atoms with E-state index in [1.54, 1.807) is 13.0 Å². The number of pyridine rings is 1. The van der Waals surface area contributed by atoms with Crippen LogP contribution in [-0.4, -0.2) is 23.0 Å². The van der Waals surface area contributed by atoms with Gasteiger partial charge in [-0.25, -0.2) is 13.6 Å².